The fourth-order valence-corrected chi connectivity index (χ4v) is 4.71. The molecule has 1 N–H and O–H groups in total. The lowest BCUT2D eigenvalue weighted by molar-refractivity contribution is -0.141. The van der Waals surface area contributed by atoms with E-state index in [9.17, 15) is 31.1 Å². The van der Waals surface area contributed by atoms with Crippen LogP contribution in [0.3, 0.4) is 0 Å². The highest BCUT2D eigenvalue weighted by Crippen LogP contribution is 2.48. The minimum atomic E-state index is -4.86. The van der Waals surface area contributed by atoms with Gasteiger partial charge in [0.15, 0.2) is 11.4 Å². The highest BCUT2D eigenvalue weighted by Gasteiger charge is 2.37. The van der Waals surface area contributed by atoms with E-state index < -0.39 is 40.6 Å². The maximum atomic E-state index is 14.0. The van der Waals surface area contributed by atoms with Crippen molar-refractivity contribution in [2.24, 2.45) is 7.05 Å². The molecule has 4 aromatic rings. The molecule has 246 valence electrons. The van der Waals surface area contributed by atoms with E-state index in [0.717, 1.165) is 22.9 Å². The Hall–Kier alpha value is -3.78. The number of hydrogen-bond donors (Lipinski definition) is 1. The van der Waals surface area contributed by atoms with Crippen LogP contribution in [0.1, 0.15) is 23.7 Å². The number of carbonyl (C=O) groups excluding carboxylic acids is 1. The predicted octanol–water partition coefficient (Wildman–Crippen LogP) is 8.08. The SMILES string of the molecule is CC(NCN(C)C)C(=O)Oc1c(-c2cc(C(F)(F)F)nn2C)ccc(OCc2ccc(Cl)cc2)c1-c1ccc(Cl)c(C(F)(F)F)c1. The fourth-order valence-electron chi connectivity index (χ4n) is 4.36. The van der Waals surface area contributed by atoms with Crippen LogP contribution in [-0.4, -0.2) is 47.5 Å². The molecule has 0 aliphatic rings. The molecule has 1 unspecified atom stereocenters. The quantitative estimate of drug-likeness (QED) is 0.0787. The molecule has 0 aliphatic heterocycles. The molecule has 0 spiro atoms. The Morgan fingerprint density at radius 2 is 1.65 bits per heavy atom. The van der Waals surface area contributed by atoms with E-state index in [1.165, 1.54) is 32.2 Å². The summed E-state index contributed by atoms with van der Waals surface area (Å²) in [5, 5.41) is 6.37. The Kier molecular flexibility index (Phi) is 10.6. The molecule has 46 heavy (non-hydrogen) atoms. The van der Waals surface area contributed by atoms with Gasteiger partial charge in [-0.25, -0.2) is 4.79 Å². The van der Waals surface area contributed by atoms with Gasteiger partial charge in [0, 0.05) is 24.3 Å². The first-order chi connectivity index (χ1) is 21.5. The molecule has 7 nitrogen and oxygen atoms in total. The number of alkyl halides is 6. The minimum Gasteiger partial charge on any atom is -0.488 e. The molecule has 0 saturated carbocycles. The Bertz CT molecular complexity index is 1710. The van der Waals surface area contributed by atoms with Crippen molar-refractivity contribution in [1.82, 2.24) is 20.0 Å². The highest BCUT2D eigenvalue weighted by atomic mass is 35.5. The van der Waals surface area contributed by atoms with Crippen LogP contribution in [0.15, 0.2) is 60.7 Å². The van der Waals surface area contributed by atoms with Crippen LogP contribution in [0.4, 0.5) is 26.3 Å². The van der Waals surface area contributed by atoms with E-state index >= 15 is 0 Å². The summed E-state index contributed by atoms with van der Waals surface area (Å²) in [6.45, 7) is 1.69. The number of aryl methyl sites for hydroxylation is 1. The van der Waals surface area contributed by atoms with Gasteiger partial charge in [0.2, 0.25) is 0 Å². The average Bonchev–Trinajstić information content (AvgIpc) is 3.37. The largest absolute Gasteiger partial charge is 0.488 e. The van der Waals surface area contributed by atoms with Crippen LogP contribution < -0.4 is 14.8 Å². The van der Waals surface area contributed by atoms with Crippen molar-refractivity contribution in [2.75, 3.05) is 20.8 Å². The number of halogens is 8. The standard InChI is InChI=1S/C31H28Cl2F6N4O3/c1-17(40-16-42(2)3)29(44)46-28-21(24-14-26(31(37,38)39)41-43(24)4)10-12-25(45-15-18-5-8-20(32)9-6-18)27(28)19-7-11-23(33)22(13-19)30(34,35)36/h5-14,17,40H,15-16H2,1-4H3. The van der Waals surface area contributed by atoms with Crippen LogP contribution in [0, 0.1) is 0 Å². The summed E-state index contributed by atoms with van der Waals surface area (Å²) < 4.78 is 95.7. The second kappa shape index (κ2) is 13.9. The summed E-state index contributed by atoms with van der Waals surface area (Å²) in [4.78, 5) is 15.1. The van der Waals surface area contributed by atoms with Crippen molar-refractivity contribution < 1.29 is 40.6 Å². The Morgan fingerprint density at radius 3 is 2.24 bits per heavy atom. The Labute approximate surface area is 270 Å². The molecule has 1 aromatic heterocycles. The molecule has 0 radical (unpaired) electrons. The van der Waals surface area contributed by atoms with Gasteiger partial charge < -0.3 is 9.47 Å². The predicted molar refractivity (Wildman–Crippen MR) is 162 cm³/mol. The number of hydrogen-bond acceptors (Lipinski definition) is 6. The third-order valence-corrected chi connectivity index (χ3v) is 7.29. The van der Waals surface area contributed by atoms with Crippen LogP contribution in [0.2, 0.25) is 10.0 Å². The van der Waals surface area contributed by atoms with Crippen molar-refractivity contribution in [3.63, 3.8) is 0 Å². The van der Waals surface area contributed by atoms with E-state index in [2.05, 4.69) is 10.4 Å². The summed E-state index contributed by atoms with van der Waals surface area (Å²) in [6.07, 6.45) is -9.67. The molecule has 1 atom stereocenters. The third-order valence-electron chi connectivity index (χ3n) is 6.70. The minimum absolute atomic E-state index is 0.0240. The number of esters is 1. The second-order valence-electron chi connectivity index (χ2n) is 10.5. The Balaban J connectivity index is 1.97. The van der Waals surface area contributed by atoms with Gasteiger partial charge in [-0.3, -0.25) is 14.9 Å². The lowest BCUT2D eigenvalue weighted by Gasteiger charge is -2.22. The van der Waals surface area contributed by atoms with Crippen molar-refractivity contribution >= 4 is 29.2 Å². The van der Waals surface area contributed by atoms with Crippen molar-refractivity contribution in [1.29, 1.82) is 0 Å². The number of nitrogens with zero attached hydrogens (tertiary/aromatic N) is 3. The topological polar surface area (TPSA) is 68.6 Å². The first kappa shape index (κ1) is 35.1. The number of ether oxygens (including phenoxy) is 2. The lowest BCUT2D eigenvalue weighted by atomic mass is 9.96. The lowest BCUT2D eigenvalue weighted by Crippen LogP contribution is -2.41. The molecule has 0 aliphatic carbocycles. The second-order valence-corrected chi connectivity index (χ2v) is 11.4. The van der Waals surface area contributed by atoms with Gasteiger partial charge in [-0.2, -0.15) is 31.4 Å². The average molecular weight is 689 g/mol. The zero-order chi connectivity index (χ0) is 34.0. The van der Waals surface area contributed by atoms with Gasteiger partial charge >= 0.3 is 18.3 Å². The number of nitrogens with one attached hydrogen (secondary N) is 1. The van der Waals surface area contributed by atoms with E-state index in [1.807, 2.05) is 0 Å². The maximum Gasteiger partial charge on any atom is 0.435 e. The van der Waals surface area contributed by atoms with E-state index in [-0.39, 0.29) is 47.2 Å². The van der Waals surface area contributed by atoms with Crippen LogP contribution in [0.25, 0.3) is 22.4 Å². The summed E-state index contributed by atoms with van der Waals surface area (Å²) in [7, 11) is 4.76. The number of rotatable bonds is 10. The zero-order valence-electron chi connectivity index (χ0n) is 24.9. The molecule has 0 amide bonds. The van der Waals surface area contributed by atoms with Crippen LogP contribution in [-0.2, 0) is 30.8 Å². The van der Waals surface area contributed by atoms with E-state index in [4.69, 9.17) is 32.7 Å². The molecular weight excluding hydrogens is 661 g/mol. The number of benzene rings is 3. The van der Waals surface area contributed by atoms with Crippen molar-refractivity contribution in [3.05, 3.63) is 87.5 Å². The molecule has 0 fully saturated rings. The smallest absolute Gasteiger partial charge is 0.435 e. The molecule has 3 aromatic carbocycles. The van der Waals surface area contributed by atoms with Gasteiger partial charge in [-0.15, -0.1) is 0 Å². The number of carbonyl (C=O) groups is 1. The maximum absolute atomic E-state index is 14.0. The molecular formula is C31H28Cl2F6N4O3. The van der Waals surface area contributed by atoms with Gasteiger partial charge in [-0.1, -0.05) is 41.4 Å². The number of aromatic nitrogens is 2. The zero-order valence-corrected chi connectivity index (χ0v) is 26.4. The van der Waals surface area contributed by atoms with Crippen LogP contribution in [0.5, 0.6) is 11.5 Å². The summed E-state index contributed by atoms with van der Waals surface area (Å²) >= 11 is 11.9. The molecule has 15 heteroatoms. The van der Waals surface area contributed by atoms with Gasteiger partial charge in [0.05, 0.1) is 21.8 Å². The highest BCUT2D eigenvalue weighted by molar-refractivity contribution is 6.31. The van der Waals surface area contributed by atoms with Gasteiger partial charge in [0.25, 0.3) is 0 Å². The first-order valence-corrected chi connectivity index (χ1v) is 14.3. The Morgan fingerprint density at radius 1 is 0.978 bits per heavy atom. The first-order valence-electron chi connectivity index (χ1n) is 13.6. The third kappa shape index (κ3) is 8.32. The van der Waals surface area contributed by atoms with E-state index in [0.29, 0.717) is 10.6 Å². The molecule has 1 heterocycles. The molecule has 0 bridgehead atoms. The van der Waals surface area contributed by atoms with Gasteiger partial charge in [0.1, 0.15) is 18.4 Å². The summed E-state index contributed by atoms with van der Waals surface area (Å²) in [5.74, 6) is -1.23. The monoisotopic (exact) mass is 688 g/mol. The van der Waals surface area contributed by atoms with Crippen molar-refractivity contribution in [2.45, 2.75) is 31.9 Å². The van der Waals surface area contributed by atoms with Crippen LogP contribution >= 0.6 is 23.2 Å². The summed E-state index contributed by atoms with van der Waals surface area (Å²) in [6, 6.07) is 12.2. The van der Waals surface area contributed by atoms with Gasteiger partial charge in [-0.05, 0) is 74.6 Å². The molecule has 0 saturated heterocycles. The normalized spacial score (nSPS) is 12.8. The fraction of sp³-hybridized carbons (Fsp3) is 0.290. The summed E-state index contributed by atoms with van der Waals surface area (Å²) in [5.41, 5.74) is -2.20. The molecule has 4 rings (SSSR count). The van der Waals surface area contributed by atoms with E-state index in [1.54, 1.807) is 43.3 Å². The van der Waals surface area contributed by atoms with Crippen molar-refractivity contribution in [3.8, 4) is 33.9 Å².